The van der Waals surface area contributed by atoms with Crippen molar-refractivity contribution in [2.45, 2.75) is 81.5 Å². The van der Waals surface area contributed by atoms with Crippen molar-refractivity contribution < 1.29 is 23.1 Å². The maximum Gasteiger partial charge on any atom is 0.264 e. The first-order valence-corrected chi connectivity index (χ1v) is 18.3. The number of sulfonamides is 1. The summed E-state index contributed by atoms with van der Waals surface area (Å²) in [6, 6.07) is 13.6. The first kappa shape index (κ1) is 31.5. The van der Waals surface area contributed by atoms with Crippen LogP contribution in [0.2, 0.25) is 5.02 Å². The summed E-state index contributed by atoms with van der Waals surface area (Å²) < 4.78 is 34.8. The van der Waals surface area contributed by atoms with E-state index in [1.165, 1.54) is 11.1 Å². The second kappa shape index (κ2) is 10.7. The number of anilines is 1. The number of aliphatic hydroxyl groups is 1. The Morgan fingerprint density at radius 3 is 2.74 bits per heavy atom. The van der Waals surface area contributed by atoms with E-state index in [2.05, 4.69) is 27.8 Å². The number of halogens is 1. The van der Waals surface area contributed by atoms with Gasteiger partial charge in [-0.3, -0.25) is 4.79 Å². The number of nitrogens with one attached hydrogen (secondary N) is 1. The summed E-state index contributed by atoms with van der Waals surface area (Å²) in [5.74, 6) is -0.311. The SMILES string of the molecule is CC(C)(C#N)[C@]1(O)/C=C/C[C@@H]2C[C@@]2(C)S(=O)(=O)NC(=O)c2ccc3c(c2)N(C[C@@H]2CC[C@H]21)C[C@@]1(CCCc2cc(Cl)ccc21)CO3. The minimum absolute atomic E-state index is 0.0792. The van der Waals surface area contributed by atoms with Crippen LogP contribution in [0.5, 0.6) is 5.75 Å². The van der Waals surface area contributed by atoms with Crippen molar-refractivity contribution in [2.24, 2.45) is 23.2 Å². The molecule has 2 N–H and O–H groups in total. The maximum absolute atomic E-state index is 13.5. The van der Waals surface area contributed by atoms with Gasteiger partial charge in [-0.25, -0.2) is 13.1 Å². The normalized spacial score (nSPS) is 35.5. The van der Waals surface area contributed by atoms with E-state index in [1.54, 1.807) is 45.0 Å². The summed E-state index contributed by atoms with van der Waals surface area (Å²) >= 11 is 6.42. The standard InChI is InChI=1S/C36H42ClN3O5S/c1-33(2,20-38)36(42)15-5-7-26-18-34(26,3)46(43,44)39-32(41)24-9-13-31-30(17-24)40(19-25-8-11-29(25)36)21-35(22-45-31)14-4-6-23-16-27(37)10-12-28(23)35/h5,9-10,12-13,15-17,25-26,29,42H,4,6-8,11,14,18-19,21-22H2,1-3H3,(H,39,41)/b15-5+/t25-,26+,29+,34+,35-,36-/m0/s1. The van der Waals surface area contributed by atoms with E-state index < -0.39 is 31.7 Å². The molecule has 7 rings (SSSR count). The highest BCUT2D eigenvalue weighted by atomic mass is 35.5. The topological polar surface area (TPSA) is 120 Å². The van der Waals surface area contributed by atoms with Crippen molar-refractivity contribution >= 4 is 33.2 Å². The lowest BCUT2D eigenvalue weighted by Crippen LogP contribution is -2.57. The molecule has 10 heteroatoms. The number of hydrogen-bond acceptors (Lipinski definition) is 7. The molecule has 2 bridgehead atoms. The van der Waals surface area contributed by atoms with E-state index in [9.17, 15) is 23.6 Å². The fourth-order valence-corrected chi connectivity index (χ4v) is 10.3. The van der Waals surface area contributed by atoms with E-state index in [0.717, 1.165) is 37.8 Å². The van der Waals surface area contributed by atoms with Gasteiger partial charge in [-0.05, 0) is 125 Å². The lowest BCUT2D eigenvalue weighted by Gasteiger charge is -2.52. The van der Waals surface area contributed by atoms with Gasteiger partial charge in [0.25, 0.3) is 5.91 Å². The molecule has 2 saturated carbocycles. The van der Waals surface area contributed by atoms with Crippen LogP contribution < -0.4 is 14.4 Å². The third-order valence-corrected chi connectivity index (χ3v) is 14.4. The summed E-state index contributed by atoms with van der Waals surface area (Å²) in [4.78, 5) is 15.8. The molecule has 0 saturated heterocycles. The van der Waals surface area contributed by atoms with Gasteiger partial charge in [0.05, 0.1) is 28.5 Å². The van der Waals surface area contributed by atoms with Gasteiger partial charge in [0.15, 0.2) is 0 Å². The van der Waals surface area contributed by atoms with E-state index in [4.69, 9.17) is 16.3 Å². The molecular weight excluding hydrogens is 622 g/mol. The summed E-state index contributed by atoms with van der Waals surface area (Å²) in [6.07, 6.45) is 8.98. The van der Waals surface area contributed by atoms with Crippen molar-refractivity contribution in [2.75, 3.05) is 24.6 Å². The minimum Gasteiger partial charge on any atom is -0.490 e. The van der Waals surface area contributed by atoms with Gasteiger partial charge in [0.1, 0.15) is 11.4 Å². The lowest BCUT2D eigenvalue weighted by molar-refractivity contribution is -0.0994. The Morgan fingerprint density at radius 1 is 1.20 bits per heavy atom. The van der Waals surface area contributed by atoms with Crippen LogP contribution in [-0.4, -0.2) is 49.5 Å². The van der Waals surface area contributed by atoms with Crippen LogP contribution >= 0.6 is 11.6 Å². The molecule has 0 aromatic heterocycles. The van der Waals surface area contributed by atoms with E-state index in [1.807, 2.05) is 12.1 Å². The zero-order valence-corrected chi connectivity index (χ0v) is 28.3. The maximum atomic E-state index is 13.5. The van der Waals surface area contributed by atoms with Crippen molar-refractivity contribution in [1.82, 2.24) is 4.72 Å². The van der Waals surface area contributed by atoms with Gasteiger partial charge >= 0.3 is 0 Å². The lowest BCUT2D eigenvalue weighted by atomic mass is 9.56. The van der Waals surface area contributed by atoms with Crippen molar-refractivity contribution in [3.63, 3.8) is 0 Å². The number of carbonyl (C=O) groups is 1. The van der Waals surface area contributed by atoms with Crippen LogP contribution in [0.15, 0.2) is 48.6 Å². The number of nitriles is 1. The molecule has 0 radical (unpaired) electrons. The van der Waals surface area contributed by atoms with Gasteiger partial charge < -0.3 is 14.7 Å². The largest absolute Gasteiger partial charge is 0.490 e. The Hall–Kier alpha value is -3.06. The van der Waals surface area contributed by atoms with Crippen LogP contribution in [0.3, 0.4) is 0 Å². The van der Waals surface area contributed by atoms with E-state index in [-0.39, 0.29) is 28.7 Å². The molecule has 2 aromatic rings. The number of allylic oxidation sites excluding steroid dienone is 1. The molecule has 46 heavy (non-hydrogen) atoms. The smallest absolute Gasteiger partial charge is 0.264 e. The first-order chi connectivity index (χ1) is 21.7. The highest BCUT2D eigenvalue weighted by molar-refractivity contribution is 7.91. The van der Waals surface area contributed by atoms with Gasteiger partial charge in [0, 0.05) is 29.1 Å². The number of fused-ring (bicyclic) bond motifs is 5. The average molecular weight is 664 g/mol. The van der Waals surface area contributed by atoms with Crippen LogP contribution in [0.25, 0.3) is 0 Å². The second-order valence-electron chi connectivity index (χ2n) is 15.1. The van der Waals surface area contributed by atoms with Gasteiger partial charge in [-0.1, -0.05) is 29.8 Å². The molecule has 2 fully saturated rings. The second-order valence-corrected chi connectivity index (χ2v) is 17.7. The Labute approximate surface area is 276 Å². The third-order valence-electron chi connectivity index (χ3n) is 12.0. The molecule has 1 amide bonds. The van der Waals surface area contributed by atoms with Crippen LogP contribution in [0.4, 0.5) is 5.69 Å². The van der Waals surface area contributed by atoms with Gasteiger partial charge in [0.2, 0.25) is 10.0 Å². The summed E-state index contributed by atoms with van der Waals surface area (Å²) in [5.41, 5.74) is 0.615. The van der Waals surface area contributed by atoms with Gasteiger partial charge in [-0.15, -0.1) is 0 Å². The average Bonchev–Trinajstić information content (AvgIpc) is 3.70. The molecule has 2 heterocycles. The molecule has 0 unspecified atom stereocenters. The number of amides is 1. The quantitative estimate of drug-likeness (QED) is 0.364. The molecule has 2 aromatic carbocycles. The van der Waals surface area contributed by atoms with Crippen LogP contribution in [0.1, 0.15) is 80.8 Å². The fourth-order valence-electron chi connectivity index (χ4n) is 8.59. The van der Waals surface area contributed by atoms with Crippen LogP contribution in [0, 0.1) is 34.5 Å². The number of aryl methyl sites for hydroxylation is 1. The Bertz CT molecular complexity index is 1790. The zero-order valence-electron chi connectivity index (χ0n) is 26.7. The van der Waals surface area contributed by atoms with Crippen molar-refractivity contribution in [3.8, 4) is 11.8 Å². The Balaban J connectivity index is 1.35. The predicted molar refractivity (Wildman–Crippen MR) is 177 cm³/mol. The minimum atomic E-state index is -3.99. The molecule has 3 aliphatic carbocycles. The van der Waals surface area contributed by atoms with Gasteiger partial charge in [-0.2, -0.15) is 5.26 Å². The van der Waals surface area contributed by atoms with E-state index >= 15 is 0 Å². The first-order valence-electron chi connectivity index (χ1n) is 16.4. The Morgan fingerprint density at radius 2 is 2.00 bits per heavy atom. The molecule has 6 atom stereocenters. The highest BCUT2D eigenvalue weighted by Gasteiger charge is 2.60. The van der Waals surface area contributed by atoms with Crippen molar-refractivity contribution in [3.05, 3.63) is 70.3 Å². The number of carbonyl (C=O) groups excluding carboxylic acids is 1. The number of ether oxygens (including phenoxy) is 1. The van der Waals surface area contributed by atoms with E-state index in [0.29, 0.717) is 43.3 Å². The number of nitrogens with zero attached hydrogens (tertiary/aromatic N) is 2. The fraction of sp³-hybridized carbons (Fsp3) is 0.556. The predicted octanol–water partition coefficient (Wildman–Crippen LogP) is 5.92. The Kier molecular flexibility index (Phi) is 7.36. The molecule has 244 valence electrons. The third kappa shape index (κ3) is 4.86. The molecule has 1 spiro atoms. The molecule has 2 aliphatic heterocycles. The summed E-state index contributed by atoms with van der Waals surface area (Å²) in [5, 5.41) is 23.3. The number of hydrogen-bond donors (Lipinski definition) is 2. The molecule has 8 nitrogen and oxygen atoms in total. The van der Waals surface area contributed by atoms with Crippen molar-refractivity contribution in [1.29, 1.82) is 5.26 Å². The molecular formula is C36H42ClN3O5S. The molecule has 5 aliphatic rings. The monoisotopic (exact) mass is 663 g/mol. The summed E-state index contributed by atoms with van der Waals surface area (Å²) in [7, 11) is -3.99. The number of rotatable bonds is 1. The number of benzene rings is 2. The highest BCUT2D eigenvalue weighted by Crippen LogP contribution is 2.54. The summed E-state index contributed by atoms with van der Waals surface area (Å²) in [6.45, 7) is 6.90. The zero-order chi connectivity index (χ0) is 32.7. The van der Waals surface area contributed by atoms with Crippen LogP contribution in [-0.2, 0) is 21.9 Å².